The third kappa shape index (κ3) is 4.68. The molecular formula is C19H28N4O. The Bertz CT molecular complexity index is 692. The lowest BCUT2D eigenvalue weighted by Crippen LogP contribution is -2.32. The predicted molar refractivity (Wildman–Crippen MR) is 98.2 cm³/mol. The van der Waals surface area contributed by atoms with Crippen LogP contribution in [0.4, 0.5) is 5.82 Å². The fourth-order valence-electron chi connectivity index (χ4n) is 2.66. The van der Waals surface area contributed by atoms with Crippen molar-refractivity contribution in [2.75, 3.05) is 25.5 Å². The van der Waals surface area contributed by atoms with Gasteiger partial charge in [0.2, 0.25) is 5.91 Å². The van der Waals surface area contributed by atoms with E-state index in [0.717, 1.165) is 24.5 Å². The number of aromatic nitrogens is 2. The Morgan fingerprint density at radius 3 is 2.79 bits per heavy atom. The maximum Gasteiger partial charge on any atom is 0.229 e. The second-order valence-corrected chi connectivity index (χ2v) is 6.57. The molecule has 5 heteroatoms. The van der Waals surface area contributed by atoms with Gasteiger partial charge < -0.3 is 10.2 Å². The highest BCUT2D eigenvalue weighted by Crippen LogP contribution is 2.17. The Balaban J connectivity index is 2.10. The van der Waals surface area contributed by atoms with E-state index in [4.69, 9.17) is 0 Å². The number of hydrogen-bond acceptors (Lipinski definition) is 3. The van der Waals surface area contributed by atoms with Gasteiger partial charge >= 0.3 is 0 Å². The van der Waals surface area contributed by atoms with Gasteiger partial charge in [-0.15, -0.1) is 0 Å². The van der Waals surface area contributed by atoms with Crippen LogP contribution >= 0.6 is 0 Å². The van der Waals surface area contributed by atoms with Gasteiger partial charge in [0.25, 0.3) is 0 Å². The zero-order valence-electron chi connectivity index (χ0n) is 15.3. The van der Waals surface area contributed by atoms with Crippen molar-refractivity contribution < 1.29 is 4.79 Å². The van der Waals surface area contributed by atoms with E-state index in [1.165, 1.54) is 11.1 Å². The Morgan fingerprint density at radius 1 is 1.38 bits per heavy atom. The van der Waals surface area contributed by atoms with Gasteiger partial charge in [-0.3, -0.25) is 4.79 Å². The molecule has 1 heterocycles. The lowest BCUT2D eigenvalue weighted by molar-refractivity contribution is -0.119. The molecule has 24 heavy (non-hydrogen) atoms. The molecule has 0 radical (unpaired) electrons. The minimum absolute atomic E-state index is 0.0318. The number of carbonyl (C=O) groups is 1. The molecule has 0 saturated carbocycles. The number of hydrogen-bond donors (Lipinski definition) is 1. The summed E-state index contributed by atoms with van der Waals surface area (Å²) in [6.45, 7) is 10.4. The fraction of sp³-hybridized carbons (Fsp3) is 0.474. The van der Waals surface area contributed by atoms with E-state index in [1.54, 1.807) is 6.20 Å². The van der Waals surface area contributed by atoms with Crippen molar-refractivity contribution in [3.8, 4) is 0 Å². The lowest BCUT2D eigenvalue weighted by atomic mass is 10.1. The standard InChI is InChI=1S/C19H28N4O/c1-6-22(5)12-16(4)19(24)21-18-15(3)11-20-23(18)13-17-9-7-8-14(2)10-17/h7-11,16H,6,12-13H2,1-5H3,(H,21,24)/t16-/m0/s1. The average molecular weight is 328 g/mol. The molecule has 2 rings (SSSR count). The van der Waals surface area contributed by atoms with Crippen LogP contribution in [-0.2, 0) is 11.3 Å². The van der Waals surface area contributed by atoms with Gasteiger partial charge in [0, 0.05) is 18.0 Å². The second kappa shape index (κ2) is 8.11. The third-order valence-electron chi connectivity index (χ3n) is 4.25. The van der Waals surface area contributed by atoms with Crippen LogP contribution in [0.15, 0.2) is 30.5 Å². The topological polar surface area (TPSA) is 50.2 Å². The van der Waals surface area contributed by atoms with E-state index in [2.05, 4.69) is 47.4 Å². The number of nitrogens with zero attached hydrogens (tertiary/aromatic N) is 3. The number of aryl methyl sites for hydroxylation is 2. The Morgan fingerprint density at radius 2 is 2.12 bits per heavy atom. The fourth-order valence-corrected chi connectivity index (χ4v) is 2.66. The van der Waals surface area contributed by atoms with Gasteiger partial charge in [-0.1, -0.05) is 43.7 Å². The van der Waals surface area contributed by atoms with Crippen molar-refractivity contribution in [2.24, 2.45) is 5.92 Å². The predicted octanol–water partition coefficient (Wildman–Crippen LogP) is 3.07. The molecule has 0 aliphatic heterocycles. The number of anilines is 1. The molecule has 1 atom stereocenters. The smallest absolute Gasteiger partial charge is 0.229 e. The van der Waals surface area contributed by atoms with E-state index < -0.39 is 0 Å². The average Bonchev–Trinajstić information content (AvgIpc) is 2.87. The summed E-state index contributed by atoms with van der Waals surface area (Å²) in [5.41, 5.74) is 3.37. The van der Waals surface area contributed by atoms with E-state index in [1.807, 2.05) is 31.6 Å². The van der Waals surface area contributed by atoms with Crippen molar-refractivity contribution >= 4 is 11.7 Å². The summed E-state index contributed by atoms with van der Waals surface area (Å²) >= 11 is 0. The van der Waals surface area contributed by atoms with Crippen molar-refractivity contribution in [3.63, 3.8) is 0 Å². The van der Waals surface area contributed by atoms with Gasteiger partial charge in [-0.25, -0.2) is 4.68 Å². The first-order valence-corrected chi connectivity index (χ1v) is 8.48. The first kappa shape index (κ1) is 18.2. The molecule has 0 spiro atoms. The highest BCUT2D eigenvalue weighted by molar-refractivity contribution is 5.92. The molecule has 1 N–H and O–H groups in total. The second-order valence-electron chi connectivity index (χ2n) is 6.57. The first-order valence-electron chi connectivity index (χ1n) is 8.48. The number of nitrogens with one attached hydrogen (secondary N) is 1. The molecule has 0 bridgehead atoms. The van der Waals surface area contributed by atoms with Crippen LogP contribution in [0.25, 0.3) is 0 Å². The van der Waals surface area contributed by atoms with Crippen LogP contribution in [0, 0.1) is 19.8 Å². The maximum atomic E-state index is 12.5. The first-order chi connectivity index (χ1) is 11.4. The van der Waals surface area contributed by atoms with E-state index >= 15 is 0 Å². The molecule has 2 aromatic rings. The minimum Gasteiger partial charge on any atom is -0.310 e. The minimum atomic E-state index is -0.0725. The summed E-state index contributed by atoms with van der Waals surface area (Å²) in [7, 11) is 2.02. The molecule has 0 aliphatic carbocycles. The van der Waals surface area contributed by atoms with Gasteiger partial charge in [0.05, 0.1) is 12.7 Å². The zero-order chi connectivity index (χ0) is 17.7. The number of carbonyl (C=O) groups excluding carboxylic acids is 1. The summed E-state index contributed by atoms with van der Waals surface area (Å²) in [4.78, 5) is 14.6. The van der Waals surface area contributed by atoms with Gasteiger partial charge in [-0.2, -0.15) is 5.10 Å². The van der Waals surface area contributed by atoms with Gasteiger partial charge in [0.15, 0.2) is 0 Å². The van der Waals surface area contributed by atoms with Crippen LogP contribution in [0.5, 0.6) is 0 Å². The quantitative estimate of drug-likeness (QED) is 0.850. The Hall–Kier alpha value is -2.14. The lowest BCUT2D eigenvalue weighted by Gasteiger charge is -2.19. The summed E-state index contributed by atoms with van der Waals surface area (Å²) in [5.74, 6) is 0.744. The summed E-state index contributed by atoms with van der Waals surface area (Å²) in [6, 6.07) is 8.34. The molecule has 5 nitrogen and oxygen atoms in total. The highest BCUT2D eigenvalue weighted by Gasteiger charge is 2.18. The van der Waals surface area contributed by atoms with Crippen molar-refractivity contribution in [2.45, 2.75) is 34.2 Å². The van der Waals surface area contributed by atoms with Crippen LogP contribution in [-0.4, -0.2) is 40.7 Å². The number of benzene rings is 1. The van der Waals surface area contributed by atoms with Crippen LogP contribution in [0.2, 0.25) is 0 Å². The number of amides is 1. The van der Waals surface area contributed by atoms with Gasteiger partial charge in [-0.05, 0) is 33.0 Å². The van der Waals surface area contributed by atoms with E-state index in [-0.39, 0.29) is 11.8 Å². The Kier molecular flexibility index (Phi) is 6.15. The van der Waals surface area contributed by atoms with Crippen LogP contribution < -0.4 is 5.32 Å². The maximum absolute atomic E-state index is 12.5. The molecule has 1 aromatic heterocycles. The van der Waals surface area contributed by atoms with E-state index in [9.17, 15) is 4.79 Å². The van der Waals surface area contributed by atoms with Crippen molar-refractivity contribution in [1.29, 1.82) is 0 Å². The molecule has 0 saturated heterocycles. The molecule has 0 fully saturated rings. The summed E-state index contributed by atoms with van der Waals surface area (Å²) in [6.07, 6.45) is 1.80. The molecule has 0 unspecified atom stereocenters. The summed E-state index contributed by atoms with van der Waals surface area (Å²) < 4.78 is 1.86. The molecular weight excluding hydrogens is 300 g/mol. The van der Waals surface area contributed by atoms with Gasteiger partial charge in [0.1, 0.15) is 5.82 Å². The molecule has 0 aliphatic rings. The monoisotopic (exact) mass is 328 g/mol. The molecule has 130 valence electrons. The summed E-state index contributed by atoms with van der Waals surface area (Å²) in [5, 5.41) is 7.48. The largest absolute Gasteiger partial charge is 0.310 e. The molecule has 1 amide bonds. The molecule has 1 aromatic carbocycles. The van der Waals surface area contributed by atoms with Crippen molar-refractivity contribution in [3.05, 3.63) is 47.2 Å². The zero-order valence-corrected chi connectivity index (χ0v) is 15.3. The normalized spacial score (nSPS) is 12.4. The van der Waals surface area contributed by atoms with Crippen molar-refractivity contribution in [1.82, 2.24) is 14.7 Å². The number of rotatable bonds is 7. The van der Waals surface area contributed by atoms with Crippen LogP contribution in [0.1, 0.15) is 30.5 Å². The SMILES string of the molecule is CCN(C)C[C@H](C)C(=O)Nc1c(C)cnn1Cc1cccc(C)c1. The Labute approximate surface area is 144 Å². The third-order valence-corrected chi connectivity index (χ3v) is 4.25. The van der Waals surface area contributed by atoms with E-state index in [0.29, 0.717) is 6.54 Å². The van der Waals surface area contributed by atoms with Crippen LogP contribution in [0.3, 0.4) is 0 Å². The highest BCUT2D eigenvalue weighted by atomic mass is 16.2.